The zero-order valence-corrected chi connectivity index (χ0v) is 14.6. The Morgan fingerprint density at radius 3 is 2.62 bits per heavy atom. The van der Waals surface area contributed by atoms with Gasteiger partial charge in [0.1, 0.15) is 0 Å². The van der Waals surface area contributed by atoms with Gasteiger partial charge in [-0.2, -0.15) is 0 Å². The molecule has 2 aromatic rings. The van der Waals surface area contributed by atoms with Gasteiger partial charge in [-0.25, -0.2) is 13.1 Å². The van der Waals surface area contributed by atoms with Crippen LogP contribution in [0.15, 0.2) is 48.5 Å². The molecule has 2 aromatic carbocycles. The Balaban J connectivity index is 1.64. The van der Waals surface area contributed by atoms with E-state index < -0.39 is 15.6 Å². The Kier molecular flexibility index (Phi) is 4.76. The van der Waals surface area contributed by atoms with E-state index in [1.165, 1.54) is 5.56 Å². The van der Waals surface area contributed by atoms with Gasteiger partial charge >= 0.3 is 0 Å². The van der Waals surface area contributed by atoms with Crippen molar-refractivity contribution in [1.29, 1.82) is 0 Å². The summed E-state index contributed by atoms with van der Waals surface area (Å²) in [5.74, 6) is -0.0681. The highest BCUT2D eigenvalue weighted by Gasteiger charge is 2.33. The molecule has 0 amide bonds. The molecule has 2 N–H and O–H groups in total. The number of hydrogen-bond donors (Lipinski definition) is 2. The van der Waals surface area contributed by atoms with Crippen molar-refractivity contribution < 1.29 is 13.5 Å². The van der Waals surface area contributed by atoms with Crippen molar-refractivity contribution in [1.82, 2.24) is 4.72 Å². The minimum absolute atomic E-state index is 0.0511. The van der Waals surface area contributed by atoms with E-state index in [-0.39, 0.29) is 12.3 Å². The average Bonchev–Trinajstić information content (AvgIpc) is 2.53. The number of hydrogen-bond acceptors (Lipinski definition) is 3. The fourth-order valence-electron chi connectivity index (χ4n) is 3.25. The molecule has 3 rings (SSSR count). The van der Waals surface area contributed by atoms with Crippen LogP contribution in [0.1, 0.15) is 28.7 Å². The molecule has 1 unspecified atom stereocenters. The summed E-state index contributed by atoms with van der Waals surface area (Å²) in [6.07, 6.45) is 1.82. The van der Waals surface area contributed by atoms with Crippen LogP contribution in [-0.2, 0) is 28.6 Å². The second-order valence-corrected chi connectivity index (χ2v) is 8.55. The summed E-state index contributed by atoms with van der Waals surface area (Å²) in [5.41, 5.74) is 3.11. The molecule has 1 aliphatic carbocycles. The Bertz CT molecular complexity index is 832. The van der Waals surface area contributed by atoms with E-state index in [0.29, 0.717) is 12.8 Å². The predicted octanol–water partition coefficient (Wildman–Crippen LogP) is 2.33. The fourth-order valence-corrected chi connectivity index (χ4v) is 4.46. The van der Waals surface area contributed by atoms with Crippen molar-refractivity contribution in [3.63, 3.8) is 0 Å². The summed E-state index contributed by atoms with van der Waals surface area (Å²) < 4.78 is 27.2. The average molecular weight is 345 g/mol. The molecule has 0 spiro atoms. The predicted molar refractivity (Wildman–Crippen MR) is 95.2 cm³/mol. The Hall–Kier alpha value is -1.69. The lowest BCUT2D eigenvalue weighted by Gasteiger charge is -2.33. The molecule has 1 aliphatic rings. The molecule has 0 aromatic heterocycles. The fraction of sp³-hybridized carbons (Fsp3) is 0.368. The molecule has 128 valence electrons. The van der Waals surface area contributed by atoms with Crippen LogP contribution in [-0.4, -0.2) is 25.7 Å². The number of aryl methyl sites for hydroxylation is 2. The third kappa shape index (κ3) is 4.23. The molecular formula is C19H23NO3S. The van der Waals surface area contributed by atoms with Crippen LogP contribution in [0.4, 0.5) is 0 Å². The second kappa shape index (κ2) is 6.67. The van der Waals surface area contributed by atoms with Crippen LogP contribution < -0.4 is 4.72 Å². The molecule has 0 heterocycles. The zero-order chi connectivity index (χ0) is 17.2. The van der Waals surface area contributed by atoms with Gasteiger partial charge in [0.15, 0.2) is 0 Å². The van der Waals surface area contributed by atoms with Crippen molar-refractivity contribution in [3.8, 4) is 0 Å². The van der Waals surface area contributed by atoms with Crippen molar-refractivity contribution >= 4 is 10.0 Å². The molecule has 0 bridgehead atoms. The first-order valence-corrected chi connectivity index (χ1v) is 9.83. The lowest BCUT2D eigenvalue weighted by Crippen LogP contribution is -2.46. The van der Waals surface area contributed by atoms with Gasteiger partial charge in [0.25, 0.3) is 0 Å². The lowest BCUT2D eigenvalue weighted by molar-refractivity contribution is 0.0317. The molecule has 5 heteroatoms. The summed E-state index contributed by atoms with van der Waals surface area (Å²) in [6.45, 7) is 1.99. The van der Waals surface area contributed by atoms with E-state index in [1.807, 2.05) is 43.3 Å². The smallest absolute Gasteiger partial charge is 0.215 e. The summed E-state index contributed by atoms with van der Waals surface area (Å²) in [4.78, 5) is 0. The number of rotatable bonds is 5. The molecule has 1 atom stereocenters. The van der Waals surface area contributed by atoms with E-state index in [4.69, 9.17) is 0 Å². The largest absolute Gasteiger partial charge is 0.388 e. The van der Waals surface area contributed by atoms with Gasteiger partial charge in [-0.1, -0.05) is 54.1 Å². The highest BCUT2D eigenvalue weighted by atomic mass is 32.2. The highest BCUT2D eigenvalue weighted by Crippen LogP contribution is 2.28. The summed E-state index contributed by atoms with van der Waals surface area (Å²) in [6, 6.07) is 15.5. The second-order valence-electron chi connectivity index (χ2n) is 6.74. The van der Waals surface area contributed by atoms with Crippen molar-refractivity contribution in [3.05, 3.63) is 70.8 Å². The maximum atomic E-state index is 12.3. The van der Waals surface area contributed by atoms with Crippen LogP contribution >= 0.6 is 0 Å². The number of aliphatic hydroxyl groups is 1. The Morgan fingerprint density at radius 2 is 1.88 bits per heavy atom. The van der Waals surface area contributed by atoms with Crippen molar-refractivity contribution in [2.45, 2.75) is 37.5 Å². The van der Waals surface area contributed by atoms with E-state index in [0.717, 1.165) is 23.1 Å². The first-order valence-electron chi connectivity index (χ1n) is 8.17. The van der Waals surface area contributed by atoms with Gasteiger partial charge in [0.2, 0.25) is 10.0 Å². The summed E-state index contributed by atoms with van der Waals surface area (Å²) >= 11 is 0. The molecule has 0 fully saturated rings. The van der Waals surface area contributed by atoms with E-state index in [2.05, 4.69) is 10.8 Å². The number of sulfonamides is 1. The Morgan fingerprint density at radius 1 is 1.12 bits per heavy atom. The number of nitrogens with one attached hydrogen (secondary N) is 1. The molecule has 4 nitrogen and oxygen atoms in total. The minimum atomic E-state index is -3.48. The molecule has 0 aliphatic heterocycles. The molecule has 0 saturated carbocycles. The van der Waals surface area contributed by atoms with E-state index >= 15 is 0 Å². The van der Waals surface area contributed by atoms with Crippen LogP contribution in [0.25, 0.3) is 0 Å². The van der Waals surface area contributed by atoms with Crippen molar-refractivity contribution in [2.75, 3.05) is 6.54 Å². The van der Waals surface area contributed by atoms with Gasteiger partial charge in [-0.15, -0.1) is 0 Å². The van der Waals surface area contributed by atoms with Crippen LogP contribution in [0.3, 0.4) is 0 Å². The maximum Gasteiger partial charge on any atom is 0.215 e. The third-order valence-electron chi connectivity index (χ3n) is 4.56. The first kappa shape index (κ1) is 17.1. The van der Waals surface area contributed by atoms with Crippen LogP contribution in [0.5, 0.6) is 0 Å². The molecule has 0 saturated heterocycles. The Labute approximate surface area is 143 Å². The quantitative estimate of drug-likeness (QED) is 0.874. The zero-order valence-electron chi connectivity index (χ0n) is 13.8. The minimum Gasteiger partial charge on any atom is -0.388 e. The summed E-state index contributed by atoms with van der Waals surface area (Å²) in [5, 5.41) is 10.8. The molecular weight excluding hydrogens is 322 g/mol. The standard InChI is InChI=1S/C19H23NO3S/c1-15-5-4-6-16(11-15)13-24(22,23)20-14-19(21)10-9-17-7-2-3-8-18(17)12-19/h2-8,11,20-21H,9-10,12-14H2,1H3. The monoisotopic (exact) mass is 345 g/mol. The topological polar surface area (TPSA) is 66.4 Å². The number of benzene rings is 2. The van der Waals surface area contributed by atoms with Gasteiger partial charge in [-0.3, -0.25) is 0 Å². The van der Waals surface area contributed by atoms with Crippen LogP contribution in [0.2, 0.25) is 0 Å². The van der Waals surface area contributed by atoms with E-state index in [9.17, 15) is 13.5 Å². The first-order chi connectivity index (χ1) is 11.4. The molecule has 24 heavy (non-hydrogen) atoms. The van der Waals surface area contributed by atoms with Gasteiger partial charge in [-0.05, 0) is 36.5 Å². The highest BCUT2D eigenvalue weighted by molar-refractivity contribution is 7.88. The van der Waals surface area contributed by atoms with Crippen molar-refractivity contribution in [2.24, 2.45) is 0 Å². The lowest BCUT2D eigenvalue weighted by atomic mass is 9.80. The SMILES string of the molecule is Cc1cccc(CS(=O)(=O)NCC2(O)CCc3ccccc3C2)c1. The normalized spacial score (nSPS) is 20.6. The van der Waals surface area contributed by atoms with Gasteiger partial charge < -0.3 is 5.11 Å². The van der Waals surface area contributed by atoms with Crippen LogP contribution in [0, 0.1) is 6.92 Å². The maximum absolute atomic E-state index is 12.3. The van der Waals surface area contributed by atoms with Gasteiger partial charge in [0.05, 0.1) is 11.4 Å². The van der Waals surface area contributed by atoms with E-state index in [1.54, 1.807) is 6.07 Å². The van der Waals surface area contributed by atoms with Gasteiger partial charge in [0, 0.05) is 13.0 Å². The molecule has 0 radical (unpaired) electrons. The number of fused-ring (bicyclic) bond motifs is 1. The summed E-state index contributed by atoms with van der Waals surface area (Å²) in [7, 11) is -3.48. The third-order valence-corrected chi connectivity index (χ3v) is 5.86.